The van der Waals surface area contributed by atoms with Gasteiger partial charge in [0.15, 0.2) is 0 Å². The molecule has 0 atom stereocenters. The van der Waals surface area contributed by atoms with E-state index < -0.39 is 5.97 Å². The number of carbonyl (C=O) groups excluding carboxylic acids is 1. The van der Waals surface area contributed by atoms with Gasteiger partial charge >= 0.3 is 5.97 Å². The smallest absolute Gasteiger partial charge is 0.305 e. The number of benzene rings is 1. The average molecular weight is 316 g/mol. The molecule has 23 heavy (non-hydrogen) atoms. The van der Waals surface area contributed by atoms with Crippen LogP contribution in [0.3, 0.4) is 0 Å². The molecule has 0 spiro atoms. The fourth-order valence-corrected chi connectivity index (χ4v) is 2.80. The highest BCUT2D eigenvalue weighted by Crippen LogP contribution is 2.23. The molecule has 2 aromatic rings. The van der Waals surface area contributed by atoms with E-state index in [0.717, 1.165) is 17.4 Å². The number of carbonyl (C=O) groups is 2. The highest BCUT2D eigenvalue weighted by atomic mass is 16.4. The number of carboxylic acids is 1. The molecular formula is C18H24N2O3. The average Bonchev–Trinajstić information content (AvgIpc) is 2.89. The van der Waals surface area contributed by atoms with Gasteiger partial charge in [0.05, 0.1) is 12.0 Å². The van der Waals surface area contributed by atoms with Crippen LogP contribution in [0.25, 0.3) is 10.9 Å². The van der Waals surface area contributed by atoms with E-state index in [4.69, 9.17) is 5.11 Å². The molecule has 5 nitrogen and oxygen atoms in total. The third-order valence-electron chi connectivity index (χ3n) is 3.83. The number of hydrogen-bond acceptors (Lipinski definition) is 2. The van der Waals surface area contributed by atoms with Gasteiger partial charge in [-0.05, 0) is 18.9 Å². The van der Waals surface area contributed by atoms with E-state index in [1.807, 2.05) is 55.8 Å². The lowest BCUT2D eigenvalue weighted by atomic mass is 10.1. The Morgan fingerprint density at radius 1 is 1.26 bits per heavy atom. The summed E-state index contributed by atoms with van der Waals surface area (Å²) in [6.45, 7) is 7.66. The van der Waals surface area contributed by atoms with Gasteiger partial charge < -0.3 is 14.6 Å². The molecule has 5 heteroatoms. The van der Waals surface area contributed by atoms with Gasteiger partial charge in [0.2, 0.25) is 0 Å². The highest BCUT2D eigenvalue weighted by Gasteiger charge is 2.21. The molecule has 0 fully saturated rings. The Bertz CT molecular complexity index is 703. The maximum Gasteiger partial charge on any atom is 0.305 e. The van der Waals surface area contributed by atoms with Gasteiger partial charge in [-0.25, -0.2) is 0 Å². The summed E-state index contributed by atoms with van der Waals surface area (Å²) in [6.07, 6.45) is 1.84. The van der Waals surface area contributed by atoms with Crippen molar-refractivity contribution in [1.29, 1.82) is 0 Å². The normalized spacial score (nSPS) is 11.1. The van der Waals surface area contributed by atoms with Gasteiger partial charge in [-0.1, -0.05) is 32.0 Å². The van der Waals surface area contributed by atoms with E-state index in [2.05, 4.69) is 0 Å². The molecule has 1 aromatic heterocycles. The first kappa shape index (κ1) is 17.1. The molecule has 2 rings (SSSR count). The summed E-state index contributed by atoms with van der Waals surface area (Å²) in [7, 11) is 0. The van der Waals surface area contributed by atoms with E-state index in [1.165, 1.54) is 0 Å². The Morgan fingerprint density at radius 3 is 2.57 bits per heavy atom. The standard InChI is InChI=1S/C18H24N2O3/c1-4-19-12-15(14-7-5-6-8-16(14)19)18(23)20(11-13(2)3)10-9-17(21)22/h5-8,12-13H,4,9-11H2,1-3H3,(H,21,22). The van der Waals surface area contributed by atoms with E-state index in [9.17, 15) is 9.59 Å². The number of aromatic nitrogens is 1. The first-order valence-corrected chi connectivity index (χ1v) is 8.03. The molecule has 1 heterocycles. The predicted octanol–water partition coefficient (Wildman–Crippen LogP) is 3.23. The van der Waals surface area contributed by atoms with E-state index >= 15 is 0 Å². The molecule has 0 aliphatic heterocycles. The van der Waals surface area contributed by atoms with Crippen LogP contribution < -0.4 is 0 Å². The summed E-state index contributed by atoms with van der Waals surface area (Å²) in [6, 6.07) is 7.82. The second-order valence-electron chi connectivity index (χ2n) is 6.13. The number of rotatable bonds is 7. The van der Waals surface area contributed by atoms with E-state index in [0.29, 0.717) is 12.1 Å². The zero-order valence-electron chi connectivity index (χ0n) is 14.0. The molecule has 0 bridgehead atoms. The minimum absolute atomic E-state index is 0.0368. The Morgan fingerprint density at radius 2 is 1.96 bits per heavy atom. The van der Waals surface area contributed by atoms with E-state index in [-0.39, 0.29) is 24.8 Å². The summed E-state index contributed by atoms with van der Waals surface area (Å²) in [5.41, 5.74) is 1.68. The number of hydrogen-bond donors (Lipinski definition) is 1. The number of aliphatic carboxylic acids is 1. The largest absolute Gasteiger partial charge is 0.481 e. The van der Waals surface area contributed by atoms with Gasteiger partial charge in [0.1, 0.15) is 0 Å². The molecule has 0 radical (unpaired) electrons. The number of nitrogens with zero attached hydrogens (tertiary/aromatic N) is 2. The maximum atomic E-state index is 13.0. The van der Waals surface area contributed by atoms with Crippen molar-refractivity contribution < 1.29 is 14.7 Å². The van der Waals surface area contributed by atoms with Crippen molar-refractivity contribution in [2.45, 2.75) is 33.7 Å². The van der Waals surface area contributed by atoms with Crippen molar-refractivity contribution in [3.8, 4) is 0 Å². The van der Waals surface area contributed by atoms with Gasteiger partial charge in [0.25, 0.3) is 5.91 Å². The lowest BCUT2D eigenvalue weighted by Crippen LogP contribution is -2.35. The van der Waals surface area contributed by atoms with E-state index in [1.54, 1.807) is 4.90 Å². The summed E-state index contributed by atoms with van der Waals surface area (Å²) in [5, 5.41) is 9.84. The molecule has 0 aliphatic carbocycles. The molecule has 0 unspecified atom stereocenters. The molecule has 1 N–H and O–H groups in total. The molecule has 0 aliphatic rings. The number of amides is 1. The van der Waals surface area contributed by atoms with Crippen LogP contribution in [0.1, 0.15) is 37.6 Å². The lowest BCUT2D eigenvalue weighted by Gasteiger charge is -2.23. The zero-order valence-corrected chi connectivity index (χ0v) is 14.0. The number of para-hydroxylation sites is 1. The zero-order chi connectivity index (χ0) is 17.0. The lowest BCUT2D eigenvalue weighted by molar-refractivity contribution is -0.137. The Balaban J connectivity index is 2.37. The summed E-state index contributed by atoms with van der Waals surface area (Å²) in [5.74, 6) is -0.696. The minimum atomic E-state index is -0.887. The fourth-order valence-electron chi connectivity index (χ4n) is 2.80. The van der Waals surface area contributed by atoms with Crippen LogP contribution in [0.2, 0.25) is 0 Å². The van der Waals surface area contributed by atoms with Crippen LogP contribution in [0.5, 0.6) is 0 Å². The third-order valence-corrected chi connectivity index (χ3v) is 3.83. The second-order valence-corrected chi connectivity index (χ2v) is 6.13. The summed E-state index contributed by atoms with van der Waals surface area (Å²) in [4.78, 5) is 25.5. The monoisotopic (exact) mass is 316 g/mol. The summed E-state index contributed by atoms with van der Waals surface area (Å²) >= 11 is 0. The fraction of sp³-hybridized carbons (Fsp3) is 0.444. The first-order chi connectivity index (χ1) is 10.9. The second kappa shape index (κ2) is 7.31. The van der Waals surface area contributed by atoms with Crippen molar-refractivity contribution in [1.82, 2.24) is 9.47 Å². The van der Waals surface area contributed by atoms with Crippen LogP contribution in [-0.4, -0.2) is 39.5 Å². The Kier molecular flexibility index (Phi) is 5.42. The predicted molar refractivity (Wildman–Crippen MR) is 90.6 cm³/mol. The van der Waals surface area contributed by atoms with Gasteiger partial charge in [-0.3, -0.25) is 9.59 Å². The number of fused-ring (bicyclic) bond motifs is 1. The maximum absolute atomic E-state index is 13.0. The van der Waals surface area contributed by atoms with Crippen molar-refractivity contribution in [3.63, 3.8) is 0 Å². The molecule has 0 saturated carbocycles. The van der Waals surface area contributed by atoms with Crippen LogP contribution in [0.15, 0.2) is 30.5 Å². The molecular weight excluding hydrogens is 292 g/mol. The van der Waals surface area contributed by atoms with Crippen LogP contribution in [0, 0.1) is 5.92 Å². The Hall–Kier alpha value is -2.30. The topological polar surface area (TPSA) is 62.5 Å². The Labute approximate surface area is 136 Å². The van der Waals surface area contributed by atoms with Crippen molar-refractivity contribution in [3.05, 3.63) is 36.0 Å². The number of aryl methyl sites for hydroxylation is 1. The SMILES string of the molecule is CCn1cc(C(=O)N(CCC(=O)O)CC(C)C)c2ccccc21. The molecule has 1 amide bonds. The number of carboxylic acid groups (broad SMARTS) is 1. The van der Waals surface area contributed by atoms with Crippen LogP contribution >= 0.6 is 0 Å². The van der Waals surface area contributed by atoms with Gasteiger partial charge in [-0.15, -0.1) is 0 Å². The van der Waals surface area contributed by atoms with Crippen LogP contribution in [0.4, 0.5) is 0 Å². The van der Waals surface area contributed by atoms with Gasteiger partial charge in [0, 0.05) is 36.7 Å². The van der Waals surface area contributed by atoms with Gasteiger partial charge in [-0.2, -0.15) is 0 Å². The van der Waals surface area contributed by atoms with Crippen molar-refractivity contribution in [2.75, 3.05) is 13.1 Å². The molecule has 124 valence electrons. The van der Waals surface area contributed by atoms with Crippen molar-refractivity contribution >= 4 is 22.8 Å². The van der Waals surface area contributed by atoms with Crippen molar-refractivity contribution in [2.24, 2.45) is 5.92 Å². The third kappa shape index (κ3) is 3.92. The summed E-state index contributed by atoms with van der Waals surface area (Å²) < 4.78 is 2.05. The first-order valence-electron chi connectivity index (χ1n) is 8.03. The molecule has 0 saturated heterocycles. The van der Waals surface area contributed by atoms with Crippen LogP contribution in [-0.2, 0) is 11.3 Å². The molecule has 1 aromatic carbocycles. The highest BCUT2D eigenvalue weighted by molar-refractivity contribution is 6.07. The minimum Gasteiger partial charge on any atom is -0.481 e. The quantitative estimate of drug-likeness (QED) is 0.853.